The highest BCUT2D eigenvalue weighted by Gasteiger charge is 2.22. The van der Waals surface area contributed by atoms with Gasteiger partial charge in [-0.2, -0.15) is 5.26 Å². The average Bonchev–Trinajstić information content (AvgIpc) is 3.66. The molecule has 11 rings (SSSR count). The summed E-state index contributed by atoms with van der Waals surface area (Å²) < 4.78 is 2.31. The fraction of sp³-hybridized carbons (Fsp3) is 0.0556. The van der Waals surface area contributed by atoms with Crippen molar-refractivity contribution in [1.29, 1.82) is 5.26 Å². The number of allylic oxidation sites excluding steroid dienone is 3. The van der Waals surface area contributed by atoms with Crippen molar-refractivity contribution < 1.29 is 0 Å². The van der Waals surface area contributed by atoms with Crippen LogP contribution in [0.3, 0.4) is 0 Å². The van der Waals surface area contributed by atoms with Gasteiger partial charge in [-0.15, -0.1) is 0 Å². The lowest BCUT2D eigenvalue weighted by molar-refractivity contribution is 0.976. The highest BCUT2D eigenvalue weighted by atomic mass is 15.1. The van der Waals surface area contributed by atoms with E-state index in [2.05, 4.69) is 174 Å². The van der Waals surface area contributed by atoms with Crippen LogP contribution in [-0.2, 0) is 0 Å². The number of dihydropyridines is 1. The number of hydrogen-bond acceptors (Lipinski definition) is 4. The molecule has 0 atom stereocenters. The average molecular weight is 756 g/mol. The van der Waals surface area contributed by atoms with Gasteiger partial charge in [0.1, 0.15) is 5.82 Å². The minimum absolute atomic E-state index is 0.632. The first-order valence-electron chi connectivity index (χ1n) is 20.2. The molecule has 0 fully saturated rings. The van der Waals surface area contributed by atoms with Crippen LogP contribution in [0.2, 0.25) is 0 Å². The number of benzene rings is 7. The Balaban J connectivity index is 1.13. The van der Waals surface area contributed by atoms with Gasteiger partial charge in [0.25, 0.3) is 0 Å². The number of nitriles is 1. The predicted molar refractivity (Wildman–Crippen MR) is 245 cm³/mol. The third-order valence-corrected chi connectivity index (χ3v) is 11.8. The van der Waals surface area contributed by atoms with Crippen LogP contribution in [0.25, 0.3) is 88.3 Å². The van der Waals surface area contributed by atoms with Crippen molar-refractivity contribution >= 4 is 60.6 Å². The number of para-hydroxylation sites is 1. The van der Waals surface area contributed by atoms with Gasteiger partial charge in [0, 0.05) is 23.7 Å². The SMILES string of the molecule is N#Cc1ccc2c(-c3cccc(C4=CCNC=C4)c3)c3ccccc3c(-c3cccc(-c4cccc5c6ncccc6n(C6=CCCC(c7ccccc7)=N6)c45)c3)c2c1. The minimum Gasteiger partial charge on any atom is -0.387 e. The van der Waals surface area contributed by atoms with Crippen molar-refractivity contribution in [2.24, 2.45) is 4.99 Å². The first-order valence-corrected chi connectivity index (χ1v) is 20.2. The number of fused-ring (bicyclic) bond motifs is 5. The Hall–Kier alpha value is -7.81. The highest BCUT2D eigenvalue weighted by molar-refractivity contribution is 6.22. The molecular weight excluding hydrogens is 719 g/mol. The van der Waals surface area contributed by atoms with E-state index < -0.39 is 0 Å². The summed E-state index contributed by atoms with van der Waals surface area (Å²) in [5, 5.41) is 19.0. The fourth-order valence-corrected chi connectivity index (χ4v) is 9.14. The van der Waals surface area contributed by atoms with Crippen molar-refractivity contribution in [2.75, 3.05) is 6.54 Å². The maximum Gasteiger partial charge on any atom is 0.133 e. The molecule has 59 heavy (non-hydrogen) atoms. The van der Waals surface area contributed by atoms with E-state index in [0.717, 1.165) is 102 Å². The summed E-state index contributed by atoms with van der Waals surface area (Å²) in [5.74, 6) is 0.917. The Morgan fingerprint density at radius 2 is 1.29 bits per heavy atom. The Morgan fingerprint density at radius 3 is 2.08 bits per heavy atom. The van der Waals surface area contributed by atoms with Crippen LogP contribution in [0.4, 0.5) is 0 Å². The molecule has 0 radical (unpaired) electrons. The minimum atomic E-state index is 0.632. The molecule has 0 amide bonds. The van der Waals surface area contributed by atoms with Gasteiger partial charge in [0.15, 0.2) is 0 Å². The normalized spacial score (nSPS) is 13.9. The van der Waals surface area contributed by atoms with Gasteiger partial charge in [-0.25, -0.2) is 4.99 Å². The molecule has 278 valence electrons. The number of nitrogens with one attached hydrogen (secondary N) is 1. The monoisotopic (exact) mass is 755 g/mol. The van der Waals surface area contributed by atoms with Gasteiger partial charge >= 0.3 is 0 Å². The Labute approximate surface area is 342 Å². The first kappa shape index (κ1) is 34.4. The number of rotatable bonds is 6. The maximum absolute atomic E-state index is 10.2. The van der Waals surface area contributed by atoms with Crippen LogP contribution < -0.4 is 5.32 Å². The number of nitrogens with zero attached hydrogens (tertiary/aromatic N) is 4. The molecular formula is C54H37N5. The zero-order chi connectivity index (χ0) is 39.3. The van der Waals surface area contributed by atoms with E-state index >= 15 is 0 Å². The van der Waals surface area contributed by atoms with Crippen LogP contribution in [0.15, 0.2) is 187 Å². The summed E-state index contributed by atoms with van der Waals surface area (Å²) in [6, 6.07) is 56.2. The third kappa shape index (κ3) is 5.85. The summed E-state index contributed by atoms with van der Waals surface area (Å²) in [6.07, 6.45) is 12.3. The molecule has 5 nitrogen and oxygen atoms in total. The van der Waals surface area contributed by atoms with Crippen LogP contribution >= 0.6 is 0 Å². The second-order valence-corrected chi connectivity index (χ2v) is 15.2. The molecule has 2 aliphatic rings. The van der Waals surface area contributed by atoms with Crippen LogP contribution in [-0.4, -0.2) is 21.8 Å². The van der Waals surface area contributed by atoms with Crippen LogP contribution in [0.5, 0.6) is 0 Å². The van der Waals surface area contributed by atoms with Crippen LogP contribution in [0.1, 0.15) is 29.5 Å². The summed E-state index contributed by atoms with van der Waals surface area (Å²) >= 11 is 0. The van der Waals surface area contributed by atoms with Crippen LogP contribution in [0, 0.1) is 11.3 Å². The zero-order valence-electron chi connectivity index (χ0n) is 32.2. The molecule has 2 aliphatic heterocycles. The highest BCUT2D eigenvalue weighted by Crippen LogP contribution is 2.46. The quantitative estimate of drug-likeness (QED) is 0.172. The van der Waals surface area contributed by atoms with E-state index in [1.807, 2.05) is 24.5 Å². The topological polar surface area (TPSA) is 66.0 Å². The molecule has 7 aromatic carbocycles. The van der Waals surface area contributed by atoms with Crippen molar-refractivity contribution in [3.8, 4) is 39.4 Å². The van der Waals surface area contributed by atoms with Gasteiger partial charge in [-0.3, -0.25) is 9.55 Å². The van der Waals surface area contributed by atoms with Gasteiger partial charge in [-0.1, -0.05) is 121 Å². The second-order valence-electron chi connectivity index (χ2n) is 15.2. The molecule has 0 aliphatic carbocycles. The van der Waals surface area contributed by atoms with Gasteiger partial charge in [0.05, 0.1) is 33.9 Å². The van der Waals surface area contributed by atoms with Gasteiger partial charge in [0.2, 0.25) is 0 Å². The molecule has 0 saturated heterocycles. The first-order chi connectivity index (χ1) is 29.2. The molecule has 1 N–H and O–H groups in total. The van der Waals surface area contributed by atoms with Crippen molar-refractivity contribution in [1.82, 2.24) is 14.9 Å². The Morgan fingerprint density at radius 1 is 0.593 bits per heavy atom. The molecule has 0 saturated carbocycles. The number of hydrogen-bond donors (Lipinski definition) is 1. The summed E-state index contributed by atoms with van der Waals surface area (Å²) in [6.45, 7) is 0.807. The van der Waals surface area contributed by atoms with Crippen molar-refractivity contribution in [3.05, 3.63) is 199 Å². The number of aromatic nitrogens is 2. The lowest BCUT2D eigenvalue weighted by atomic mass is 9.84. The third-order valence-electron chi connectivity index (χ3n) is 11.8. The molecule has 5 heteroatoms. The second kappa shape index (κ2) is 14.3. The van der Waals surface area contributed by atoms with E-state index in [1.54, 1.807) is 0 Å². The molecule has 0 spiro atoms. The lowest BCUT2D eigenvalue weighted by Crippen LogP contribution is -2.08. The largest absolute Gasteiger partial charge is 0.387 e. The van der Waals surface area contributed by atoms with E-state index in [9.17, 15) is 5.26 Å². The zero-order valence-corrected chi connectivity index (χ0v) is 32.2. The summed E-state index contributed by atoms with van der Waals surface area (Å²) in [4.78, 5) is 10.2. The fourth-order valence-electron chi connectivity index (χ4n) is 9.14. The number of pyridine rings is 1. The smallest absolute Gasteiger partial charge is 0.133 e. The van der Waals surface area contributed by atoms with Gasteiger partial charge in [-0.05, 0) is 134 Å². The van der Waals surface area contributed by atoms with E-state index in [4.69, 9.17) is 9.98 Å². The molecule has 0 bridgehead atoms. The molecule has 9 aromatic rings. The van der Waals surface area contributed by atoms with E-state index in [-0.39, 0.29) is 0 Å². The van der Waals surface area contributed by atoms with Crippen molar-refractivity contribution in [2.45, 2.75) is 12.8 Å². The predicted octanol–water partition coefficient (Wildman–Crippen LogP) is 13.0. The maximum atomic E-state index is 10.2. The van der Waals surface area contributed by atoms with Crippen molar-refractivity contribution in [3.63, 3.8) is 0 Å². The molecule has 4 heterocycles. The lowest BCUT2D eigenvalue weighted by Gasteiger charge is -2.19. The molecule has 2 aromatic heterocycles. The Bertz CT molecular complexity index is 3340. The summed E-state index contributed by atoms with van der Waals surface area (Å²) in [5.41, 5.74) is 15.0. The van der Waals surface area contributed by atoms with E-state index in [0.29, 0.717) is 5.56 Å². The number of aliphatic imine (C=N–C) groups is 1. The standard InChI is InChI=1S/C54H37N5/c55-34-35-24-25-45-47(31-35)52(44-18-5-4-17-43(44)51(45)40-15-6-13-38(32-40)36-26-29-56-30-27-36)41-16-7-14-39(33-41)42-19-8-20-46-53-49(22-10-28-57-53)59(54(42)46)50-23-9-21-48(58-50)37-11-2-1-3-12-37/h1-8,10-20,22-29,31-33,56H,9,21,30H2. The van der Waals surface area contributed by atoms with Gasteiger partial charge < -0.3 is 5.32 Å². The Kier molecular flexibility index (Phi) is 8.34. The molecule has 0 unspecified atom stereocenters. The summed E-state index contributed by atoms with van der Waals surface area (Å²) in [7, 11) is 0. The van der Waals surface area contributed by atoms with E-state index in [1.165, 1.54) is 22.1 Å².